The maximum Gasteiger partial charge on any atom is 0.251 e. The van der Waals surface area contributed by atoms with Crippen LogP contribution in [0.1, 0.15) is 6.92 Å². The molecule has 0 saturated carbocycles. The molecule has 0 aromatic heterocycles. The summed E-state index contributed by atoms with van der Waals surface area (Å²) in [5, 5.41) is 9.01. The number of nitrogens with one attached hydrogen (secondary N) is 1. The Balaban J connectivity index is 3.90. The highest BCUT2D eigenvalue weighted by Crippen LogP contribution is 1.91. The first-order valence-corrected chi connectivity index (χ1v) is 3.49. The predicted molar refractivity (Wildman–Crippen MR) is 46.4 cm³/mol. The molecule has 0 fully saturated rings. The molecular weight excluding hydrogens is 179 g/mol. The summed E-state index contributed by atoms with van der Waals surface area (Å²) in [6.45, 7) is 1.16. The monoisotopic (exact) mass is 190 g/mol. The van der Waals surface area contributed by atoms with Gasteiger partial charge < -0.3 is 5.73 Å². The van der Waals surface area contributed by atoms with Crippen molar-refractivity contribution in [1.82, 2.24) is 5.43 Å². The van der Waals surface area contributed by atoms with Gasteiger partial charge in [-0.15, -0.1) is 0 Å². The van der Waals surface area contributed by atoms with Crippen molar-refractivity contribution in [3.05, 3.63) is 21.8 Å². The molecule has 0 radical (unpaired) electrons. The van der Waals surface area contributed by atoms with Gasteiger partial charge in [0.25, 0.3) is 5.96 Å². The van der Waals surface area contributed by atoms with Gasteiger partial charge in [-0.3, -0.25) is 0 Å². The second-order valence-electron chi connectivity index (χ2n) is 2.28. The summed E-state index contributed by atoms with van der Waals surface area (Å²) in [5.74, 6) is -0.298. The highest BCUT2D eigenvalue weighted by Gasteiger charge is 1.96. The van der Waals surface area contributed by atoms with Crippen LogP contribution in [0, 0.1) is 10.1 Å². The number of hydrogen-bond donors (Lipinski definition) is 2. The van der Waals surface area contributed by atoms with Gasteiger partial charge in [0, 0.05) is 0 Å². The molecule has 0 spiro atoms. The zero-order chi connectivity index (χ0) is 10.3. The fourth-order valence-electron chi connectivity index (χ4n) is 0.483. The summed E-state index contributed by atoms with van der Waals surface area (Å²) in [5.41, 5.74) is 7.25. The van der Waals surface area contributed by atoms with Crippen molar-refractivity contribution in [2.45, 2.75) is 6.92 Å². The summed E-state index contributed by atoms with van der Waals surface area (Å²) in [4.78, 5) is 13.4. The number of hydrogen-bond acceptors (Lipinski definition) is 3. The van der Waals surface area contributed by atoms with Gasteiger partial charge in [0.2, 0.25) is 0 Å². The van der Waals surface area contributed by atoms with Crippen LogP contribution >= 0.6 is 0 Å². The first kappa shape index (κ1) is 11.3. The Morgan fingerprint density at radius 1 is 1.85 bits per heavy atom. The molecule has 0 heterocycles. The molecule has 0 aliphatic heterocycles. The summed E-state index contributed by atoms with van der Waals surface area (Å²) < 4.78 is 11.8. The number of halogens is 1. The van der Waals surface area contributed by atoms with Crippen LogP contribution in [0.4, 0.5) is 4.39 Å². The van der Waals surface area contributed by atoms with E-state index in [0.717, 1.165) is 0 Å². The third kappa shape index (κ3) is 6.73. The van der Waals surface area contributed by atoms with Gasteiger partial charge in [0.15, 0.2) is 5.03 Å². The Labute approximate surface area is 74.4 Å². The zero-order valence-corrected chi connectivity index (χ0v) is 7.16. The quantitative estimate of drug-likeness (QED) is 0.214. The Kier molecular flexibility index (Phi) is 5.17. The molecule has 0 atom stereocenters. The Morgan fingerprint density at radius 3 is 2.92 bits per heavy atom. The van der Waals surface area contributed by atoms with Crippen LogP contribution in [0.3, 0.4) is 0 Å². The molecule has 7 heteroatoms. The lowest BCUT2D eigenvalue weighted by Crippen LogP contribution is -2.36. The second kappa shape index (κ2) is 5.92. The zero-order valence-electron chi connectivity index (χ0n) is 7.16. The topological polar surface area (TPSA) is 93.5 Å². The van der Waals surface area contributed by atoms with Gasteiger partial charge in [-0.05, 0) is 12.5 Å². The van der Waals surface area contributed by atoms with E-state index in [1.165, 1.54) is 6.08 Å². The molecule has 0 rings (SSSR count). The molecule has 0 aromatic carbocycles. The number of alkyl halides is 1. The molecule has 0 bridgehead atoms. The summed E-state index contributed by atoms with van der Waals surface area (Å²) in [6, 6.07) is 0. The normalized spacial score (nSPS) is 12.8. The van der Waals surface area contributed by atoms with Gasteiger partial charge >= 0.3 is 0 Å². The Hall–Kier alpha value is -1.66. The van der Waals surface area contributed by atoms with E-state index in [9.17, 15) is 14.5 Å². The van der Waals surface area contributed by atoms with E-state index in [2.05, 4.69) is 4.99 Å². The standard InChI is InChI=1S/C6H11FN4O2/c1-5(4-7)2-3-9-6(8)10-11(12)13/h2H,3-4H2,1H3,(H3,8,9,10). The summed E-state index contributed by atoms with van der Waals surface area (Å²) in [6.07, 6.45) is 1.49. The van der Waals surface area contributed by atoms with Crippen LogP contribution in [0.5, 0.6) is 0 Å². The van der Waals surface area contributed by atoms with E-state index in [1.54, 1.807) is 12.3 Å². The van der Waals surface area contributed by atoms with Gasteiger partial charge in [0.1, 0.15) is 6.67 Å². The smallest absolute Gasteiger partial charge is 0.251 e. The number of rotatable bonds is 4. The van der Waals surface area contributed by atoms with E-state index in [-0.39, 0.29) is 12.5 Å². The lowest BCUT2D eigenvalue weighted by molar-refractivity contribution is -0.525. The minimum atomic E-state index is -0.815. The number of aliphatic imine (C=N–C) groups is 1. The number of nitrogens with zero attached hydrogens (tertiary/aromatic N) is 2. The molecule has 0 amide bonds. The van der Waals surface area contributed by atoms with Gasteiger partial charge in [-0.1, -0.05) is 11.5 Å². The maximum atomic E-state index is 11.8. The molecular formula is C6H11FN4O2. The highest BCUT2D eigenvalue weighted by molar-refractivity contribution is 5.76. The molecule has 0 aliphatic carbocycles. The number of allylic oxidation sites excluding steroid dienone is 1. The molecule has 0 aliphatic rings. The maximum absolute atomic E-state index is 11.8. The van der Waals surface area contributed by atoms with Crippen molar-refractivity contribution in [3.63, 3.8) is 0 Å². The van der Waals surface area contributed by atoms with E-state index in [4.69, 9.17) is 5.73 Å². The first-order valence-electron chi connectivity index (χ1n) is 3.49. The van der Waals surface area contributed by atoms with Crippen LogP contribution in [-0.2, 0) is 0 Å². The summed E-state index contributed by atoms with van der Waals surface area (Å²) in [7, 11) is 0. The minimum absolute atomic E-state index is 0.127. The number of guanidine groups is 1. The molecule has 0 saturated heterocycles. The van der Waals surface area contributed by atoms with Crippen molar-refractivity contribution in [1.29, 1.82) is 0 Å². The van der Waals surface area contributed by atoms with E-state index < -0.39 is 11.7 Å². The van der Waals surface area contributed by atoms with E-state index in [1.807, 2.05) is 0 Å². The van der Waals surface area contributed by atoms with E-state index in [0.29, 0.717) is 5.57 Å². The van der Waals surface area contributed by atoms with E-state index >= 15 is 0 Å². The van der Waals surface area contributed by atoms with Gasteiger partial charge in [-0.2, -0.15) is 0 Å². The fourth-order valence-corrected chi connectivity index (χ4v) is 0.483. The fraction of sp³-hybridized carbons (Fsp3) is 0.500. The van der Waals surface area contributed by atoms with Crippen LogP contribution in [-0.4, -0.2) is 24.2 Å². The second-order valence-corrected chi connectivity index (χ2v) is 2.28. The van der Waals surface area contributed by atoms with Crippen molar-refractivity contribution in [2.24, 2.45) is 10.7 Å². The predicted octanol–water partition coefficient (Wildman–Crippen LogP) is -0.00180. The highest BCUT2D eigenvalue weighted by atomic mass is 19.1. The molecule has 0 aromatic rings. The molecule has 0 unspecified atom stereocenters. The largest absolute Gasteiger partial charge is 0.365 e. The Bertz CT molecular complexity index is 239. The van der Waals surface area contributed by atoms with Gasteiger partial charge in [0.05, 0.1) is 6.54 Å². The third-order valence-electron chi connectivity index (χ3n) is 1.12. The molecule has 13 heavy (non-hydrogen) atoms. The van der Waals surface area contributed by atoms with Crippen molar-refractivity contribution in [2.75, 3.05) is 13.2 Å². The van der Waals surface area contributed by atoms with Crippen molar-refractivity contribution < 1.29 is 9.42 Å². The first-order chi connectivity index (χ1) is 6.06. The number of hydrazine groups is 1. The van der Waals surface area contributed by atoms with Crippen LogP contribution in [0.2, 0.25) is 0 Å². The van der Waals surface area contributed by atoms with Crippen molar-refractivity contribution in [3.8, 4) is 0 Å². The summed E-state index contributed by atoms with van der Waals surface area (Å²) >= 11 is 0. The van der Waals surface area contributed by atoms with Crippen LogP contribution in [0.15, 0.2) is 16.6 Å². The average molecular weight is 190 g/mol. The lowest BCUT2D eigenvalue weighted by atomic mass is 10.3. The molecule has 6 nitrogen and oxygen atoms in total. The molecule has 3 N–H and O–H groups in total. The third-order valence-corrected chi connectivity index (χ3v) is 1.12. The SMILES string of the molecule is CC(=CCN=C(N)N[N+](=O)[O-])CF. The Morgan fingerprint density at radius 2 is 2.46 bits per heavy atom. The van der Waals surface area contributed by atoms with Crippen LogP contribution in [0.25, 0.3) is 0 Å². The lowest BCUT2D eigenvalue weighted by Gasteiger charge is -1.94. The van der Waals surface area contributed by atoms with Crippen LogP contribution < -0.4 is 11.2 Å². The van der Waals surface area contributed by atoms with Gasteiger partial charge in [-0.25, -0.2) is 19.5 Å². The average Bonchev–Trinajstić information content (AvgIpc) is 2.02. The van der Waals surface area contributed by atoms with Crippen molar-refractivity contribution >= 4 is 5.96 Å². The minimum Gasteiger partial charge on any atom is -0.365 e. The molecule has 74 valence electrons. The number of nitro groups is 1. The number of nitrogens with two attached hydrogens (primary N) is 1.